The van der Waals surface area contributed by atoms with Crippen LogP contribution in [0.4, 0.5) is 11.4 Å². The molecule has 0 saturated carbocycles. The van der Waals surface area contributed by atoms with Crippen molar-refractivity contribution in [3.05, 3.63) is 30.5 Å². The number of fused-ring (bicyclic) bond motifs is 1. The van der Waals surface area contributed by atoms with Gasteiger partial charge in [-0.15, -0.1) is 0 Å². The maximum absolute atomic E-state index is 11.5. The number of carbonyl (C=O) groups is 1. The first-order valence-corrected chi connectivity index (χ1v) is 7.30. The lowest BCUT2D eigenvalue weighted by Crippen LogP contribution is -2.33. The van der Waals surface area contributed by atoms with E-state index < -0.39 is 0 Å². The van der Waals surface area contributed by atoms with Crippen molar-refractivity contribution < 1.29 is 4.79 Å². The van der Waals surface area contributed by atoms with Gasteiger partial charge in [0.25, 0.3) is 0 Å². The monoisotopic (exact) mass is 284 g/mol. The third-order valence-corrected chi connectivity index (χ3v) is 4.06. The molecule has 0 atom stereocenters. The van der Waals surface area contributed by atoms with E-state index >= 15 is 0 Å². The molecule has 5 nitrogen and oxygen atoms in total. The Morgan fingerprint density at radius 2 is 2.05 bits per heavy atom. The Morgan fingerprint density at radius 3 is 2.86 bits per heavy atom. The quantitative estimate of drug-likeness (QED) is 0.812. The van der Waals surface area contributed by atoms with E-state index in [-0.39, 0.29) is 5.91 Å². The summed E-state index contributed by atoms with van der Waals surface area (Å²) in [5.41, 5.74) is 8.72. The van der Waals surface area contributed by atoms with E-state index in [0.29, 0.717) is 5.69 Å². The molecule has 0 unspecified atom stereocenters. The van der Waals surface area contributed by atoms with E-state index in [0.717, 1.165) is 49.2 Å². The maximum Gasteiger partial charge on any atom is 0.219 e. The number of amides is 1. The van der Waals surface area contributed by atoms with Crippen LogP contribution < -0.4 is 10.6 Å². The van der Waals surface area contributed by atoms with Gasteiger partial charge in [-0.25, -0.2) is 0 Å². The smallest absolute Gasteiger partial charge is 0.219 e. The fourth-order valence-corrected chi connectivity index (χ4v) is 2.93. The molecule has 21 heavy (non-hydrogen) atoms. The molecule has 0 spiro atoms. The average Bonchev–Trinajstić information content (AvgIpc) is 2.74. The zero-order valence-electron chi connectivity index (χ0n) is 12.2. The first-order chi connectivity index (χ1) is 10.2. The van der Waals surface area contributed by atoms with Gasteiger partial charge in [0.1, 0.15) is 0 Å². The number of pyridine rings is 1. The van der Waals surface area contributed by atoms with Crippen molar-refractivity contribution in [3.63, 3.8) is 0 Å². The van der Waals surface area contributed by atoms with Crippen molar-refractivity contribution >= 4 is 28.2 Å². The molecule has 3 rings (SSSR count). The van der Waals surface area contributed by atoms with Gasteiger partial charge in [0.15, 0.2) is 0 Å². The summed E-state index contributed by atoms with van der Waals surface area (Å²) in [6, 6.07) is 7.97. The van der Waals surface area contributed by atoms with Crippen LogP contribution in [-0.2, 0) is 4.79 Å². The summed E-state index contributed by atoms with van der Waals surface area (Å²) in [7, 11) is 0. The summed E-state index contributed by atoms with van der Waals surface area (Å²) in [6.45, 7) is 5.02. The lowest BCUT2D eigenvalue weighted by atomic mass is 10.1. The highest BCUT2D eigenvalue weighted by molar-refractivity contribution is 5.98. The highest BCUT2D eigenvalue weighted by Gasteiger charge is 2.18. The Labute approximate surface area is 124 Å². The molecule has 2 heterocycles. The predicted octanol–water partition coefficient (Wildman–Crippen LogP) is 1.88. The molecule has 1 saturated heterocycles. The Hall–Kier alpha value is -2.30. The molecular weight excluding hydrogens is 264 g/mol. The van der Waals surface area contributed by atoms with Crippen LogP contribution in [-0.4, -0.2) is 42.0 Å². The zero-order valence-corrected chi connectivity index (χ0v) is 12.2. The van der Waals surface area contributed by atoms with Crippen LogP contribution in [0.1, 0.15) is 13.3 Å². The first kappa shape index (κ1) is 13.7. The fraction of sp³-hybridized carbons (Fsp3) is 0.375. The summed E-state index contributed by atoms with van der Waals surface area (Å²) in [5, 5.41) is 1.08. The number of benzene rings is 1. The Bertz CT molecular complexity index is 670. The number of anilines is 2. The number of carbonyl (C=O) groups excluding carboxylic acids is 1. The Balaban J connectivity index is 1.94. The summed E-state index contributed by atoms with van der Waals surface area (Å²) in [4.78, 5) is 20.2. The average molecular weight is 284 g/mol. The van der Waals surface area contributed by atoms with Crippen LogP contribution in [0, 0.1) is 0 Å². The minimum atomic E-state index is 0.153. The molecule has 0 aliphatic carbocycles. The normalized spacial score (nSPS) is 16.0. The highest BCUT2D eigenvalue weighted by atomic mass is 16.2. The number of hydrogen-bond acceptors (Lipinski definition) is 4. The fourth-order valence-electron chi connectivity index (χ4n) is 2.93. The topological polar surface area (TPSA) is 62.5 Å². The van der Waals surface area contributed by atoms with Crippen molar-refractivity contribution in [1.82, 2.24) is 9.88 Å². The van der Waals surface area contributed by atoms with Crippen molar-refractivity contribution in [2.75, 3.05) is 36.8 Å². The van der Waals surface area contributed by atoms with Crippen LogP contribution in [0.2, 0.25) is 0 Å². The van der Waals surface area contributed by atoms with Crippen molar-refractivity contribution in [1.29, 1.82) is 0 Å². The number of nitrogens with two attached hydrogens (primary N) is 1. The van der Waals surface area contributed by atoms with Gasteiger partial charge in [-0.1, -0.05) is 0 Å². The van der Waals surface area contributed by atoms with E-state index in [1.54, 1.807) is 13.1 Å². The minimum absolute atomic E-state index is 0.153. The summed E-state index contributed by atoms with van der Waals surface area (Å²) >= 11 is 0. The molecule has 2 aromatic rings. The van der Waals surface area contributed by atoms with Gasteiger partial charge in [-0.2, -0.15) is 0 Å². The number of nitrogens with zero attached hydrogens (tertiary/aromatic N) is 3. The first-order valence-electron chi connectivity index (χ1n) is 7.30. The van der Waals surface area contributed by atoms with Crippen LogP contribution >= 0.6 is 0 Å². The van der Waals surface area contributed by atoms with E-state index in [9.17, 15) is 4.79 Å². The second-order valence-electron chi connectivity index (χ2n) is 5.42. The molecule has 5 heteroatoms. The minimum Gasteiger partial charge on any atom is -0.397 e. The Kier molecular flexibility index (Phi) is 3.64. The number of hydrogen-bond donors (Lipinski definition) is 1. The van der Waals surface area contributed by atoms with Crippen LogP contribution in [0.25, 0.3) is 10.9 Å². The summed E-state index contributed by atoms with van der Waals surface area (Å²) < 4.78 is 0. The van der Waals surface area contributed by atoms with Crippen LogP contribution in [0.15, 0.2) is 30.5 Å². The second kappa shape index (κ2) is 5.60. The molecule has 0 radical (unpaired) electrons. The summed E-state index contributed by atoms with van der Waals surface area (Å²) in [6.07, 6.45) is 2.74. The highest BCUT2D eigenvalue weighted by Crippen LogP contribution is 2.30. The maximum atomic E-state index is 11.5. The SMILES string of the molecule is CC(=O)N1CCCN(c2ccc(N)c3ncccc23)CC1. The molecular formula is C16H20N4O. The van der Waals surface area contributed by atoms with Gasteiger partial charge >= 0.3 is 0 Å². The van der Waals surface area contributed by atoms with Gasteiger partial charge in [0.05, 0.1) is 11.2 Å². The summed E-state index contributed by atoms with van der Waals surface area (Å²) in [5.74, 6) is 0.153. The van der Waals surface area contributed by atoms with Crippen molar-refractivity contribution in [2.45, 2.75) is 13.3 Å². The molecule has 0 bridgehead atoms. The van der Waals surface area contributed by atoms with Gasteiger partial charge in [-0.05, 0) is 30.7 Å². The Morgan fingerprint density at radius 1 is 1.19 bits per heavy atom. The number of rotatable bonds is 1. The number of nitrogen functional groups attached to an aromatic ring is 1. The second-order valence-corrected chi connectivity index (χ2v) is 5.42. The lowest BCUT2D eigenvalue weighted by Gasteiger charge is -2.25. The van der Waals surface area contributed by atoms with Crippen molar-refractivity contribution in [3.8, 4) is 0 Å². The van der Waals surface area contributed by atoms with Crippen LogP contribution in [0.5, 0.6) is 0 Å². The molecule has 2 N–H and O–H groups in total. The van der Waals surface area contributed by atoms with Gasteiger partial charge in [0, 0.05) is 50.4 Å². The number of aromatic nitrogens is 1. The molecule has 1 aromatic heterocycles. The van der Waals surface area contributed by atoms with E-state index in [1.165, 1.54) is 0 Å². The van der Waals surface area contributed by atoms with Gasteiger partial charge in [-0.3, -0.25) is 9.78 Å². The molecule has 1 amide bonds. The van der Waals surface area contributed by atoms with E-state index in [1.807, 2.05) is 17.0 Å². The van der Waals surface area contributed by atoms with Gasteiger partial charge < -0.3 is 15.5 Å². The van der Waals surface area contributed by atoms with Crippen molar-refractivity contribution in [2.24, 2.45) is 0 Å². The largest absolute Gasteiger partial charge is 0.397 e. The molecule has 1 aliphatic rings. The third-order valence-electron chi connectivity index (χ3n) is 4.06. The third kappa shape index (κ3) is 2.63. The van der Waals surface area contributed by atoms with Gasteiger partial charge in [0.2, 0.25) is 5.91 Å². The zero-order chi connectivity index (χ0) is 14.8. The molecule has 1 fully saturated rings. The van der Waals surface area contributed by atoms with Crippen LogP contribution in [0.3, 0.4) is 0 Å². The molecule has 1 aromatic carbocycles. The predicted molar refractivity (Wildman–Crippen MR) is 85.2 cm³/mol. The molecule has 1 aliphatic heterocycles. The lowest BCUT2D eigenvalue weighted by molar-refractivity contribution is -0.128. The van der Waals surface area contributed by atoms with E-state index in [4.69, 9.17) is 5.73 Å². The standard InChI is InChI=1S/C16H20N4O/c1-12(21)19-8-3-9-20(11-10-19)15-6-5-14(17)16-13(15)4-2-7-18-16/h2,4-7H,3,8-11,17H2,1H3. The molecule has 110 valence electrons. The van der Waals surface area contributed by atoms with E-state index in [2.05, 4.69) is 22.0 Å².